The maximum Gasteiger partial charge on any atom is 0.340 e. The van der Waals surface area contributed by atoms with Gasteiger partial charge in [0.25, 0.3) is 5.84 Å². The number of aliphatic imine (C=N–C) groups is 2. The second-order valence-electron chi connectivity index (χ2n) is 5.94. The number of ether oxygens (including phenoxy) is 1. The molecule has 1 amide bonds. The maximum absolute atomic E-state index is 12.1. The Bertz CT molecular complexity index is 918. The van der Waals surface area contributed by atoms with Crippen LogP contribution in [0.5, 0.6) is 5.75 Å². The molecule has 2 aromatic carbocycles. The van der Waals surface area contributed by atoms with Gasteiger partial charge >= 0.3 is 5.91 Å². The van der Waals surface area contributed by atoms with E-state index in [4.69, 9.17) is 10.6 Å². The highest BCUT2D eigenvalue weighted by Gasteiger charge is 2.48. The monoisotopic (exact) mass is 333 g/mol. The van der Waals surface area contributed by atoms with Gasteiger partial charge in [0.1, 0.15) is 18.9 Å². The molecule has 0 aliphatic carbocycles. The fourth-order valence-electron chi connectivity index (χ4n) is 2.93. The van der Waals surface area contributed by atoms with E-state index in [1.54, 1.807) is 6.21 Å². The van der Waals surface area contributed by atoms with E-state index in [1.165, 1.54) is 6.20 Å². The van der Waals surface area contributed by atoms with Crippen molar-refractivity contribution in [3.63, 3.8) is 0 Å². The van der Waals surface area contributed by atoms with E-state index < -0.39 is 0 Å². The Labute approximate surface area is 145 Å². The second-order valence-corrected chi connectivity index (χ2v) is 5.94. The van der Waals surface area contributed by atoms with Crippen molar-refractivity contribution in [2.75, 3.05) is 6.54 Å². The van der Waals surface area contributed by atoms with Gasteiger partial charge in [-0.2, -0.15) is 10.4 Å². The number of rotatable bonds is 4. The molecule has 0 saturated heterocycles. The molecule has 2 N–H and O–H groups in total. The smallest absolute Gasteiger partial charge is 0.340 e. The quantitative estimate of drug-likeness (QED) is 0.688. The topological polar surface area (TPSA) is 77.0 Å². The number of amides is 1. The predicted octanol–water partition coefficient (Wildman–Crippen LogP) is 2.17. The lowest BCUT2D eigenvalue weighted by molar-refractivity contribution is -0.796. The van der Waals surface area contributed by atoms with Gasteiger partial charge < -0.3 is 4.74 Å². The fraction of sp³-hybridized carbons (Fsp3) is 0.105. The van der Waals surface area contributed by atoms with Crippen molar-refractivity contribution in [2.24, 2.45) is 15.8 Å². The summed E-state index contributed by atoms with van der Waals surface area (Å²) in [5, 5.41) is 0. The molecule has 6 nitrogen and oxygen atoms in total. The summed E-state index contributed by atoms with van der Waals surface area (Å²) in [5.74, 6) is 7.30. The van der Waals surface area contributed by atoms with Gasteiger partial charge in [-0.1, -0.05) is 36.4 Å². The van der Waals surface area contributed by atoms with Gasteiger partial charge in [-0.25, -0.2) is 0 Å². The first-order valence-corrected chi connectivity index (χ1v) is 7.96. The molecule has 0 aromatic heterocycles. The molecule has 2 aliphatic rings. The third-order valence-corrected chi connectivity index (χ3v) is 4.25. The number of hydrogen-bond acceptors (Lipinski definition) is 4. The second kappa shape index (κ2) is 6.08. The van der Waals surface area contributed by atoms with Gasteiger partial charge in [-0.05, 0) is 23.8 Å². The number of quaternary nitrogens is 1. The molecule has 2 aliphatic heterocycles. The van der Waals surface area contributed by atoms with Crippen LogP contribution in [0.4, 0.5) is 0 Å². The van der Waals surface area contributed by atoms with E-state index in [1.807, 2.05) is 54.6 Å². The van der Waals surface area contributed by atoms with Crippen LogP contribution in [0.25, 0.3) is 0 Å². The first kappa shape index (κ1) is 15.4. The maximum atomic E-state index is 12.1. The predicted molar refractivity (Wildman–Crippen MR) is 94.6 cm³/mol. The lowest BCUT2D eigenvalue weighted by Crippen LogP contribution is -2.57. The van der Waals surface area contributed by atoms with Crippen LogP contribution < -0.4 is 10.6 Å². The van der Waals surface area contributed by atoms with Crippen molar-refractivity contribution in [3.05, 3.63) is 77.6 Å². The van der Waals surface area contributed by atoms with Crippen molar-refractivity contribution < 1.29 is 14.1 Å². The molecule has 0 fully saturated rings. The first-order chi connectivity index (χ1) is 12.2. The zero-order chi connectivity index (χ0) is 17.3. The van der Waals surface area contributed by atoms with Crippen molar-refractivity contribution in [1.82, 2.24) is 0 Å². The molecule has 1 unspecified atom stereocenters. The Morgan fingerprint density at radius 2 is 1.96 bits per heavy atom. The summed E-state index contributed by atoms with van der Waals surface area (Å²) in [6.07, 6.45) is 3.17. The van der Waals surface area contributed by atoms with E-state index in [9.17, 15) is 4.79 Å². The average Bonchev–Trinajstić information content (AvgIpc) is 2.92. The molecular weight excluding hydrogens is 316 g/mol. The van der Waals surface area contributed by atoms with E-state index >= 15 is 0 Å². The zero-order valence-electron chi connectivity index (χ0n) is 13.5. The number of fused-ring (bicyclic) bond motifs is 1. The summed E-state index contributed by atoms with van der Waals surface area (Å²) >= 11 is 0. The van der Waals surface area contributed by atoms with Crippen molar-refractivity contribution in [3.8, 4) is 5.75 Å². The number of nitrogens with zero attached hydrogens (tertiary/aromatic N) is 3. The van der Waals surface area contributed by atoms with Crippen LogP contribution in [-0.4, -0.2) is 29.1 Å². The molecule has 0 bridgehead atoms. The molecule has 6 heteroatoms. The van der Waals surface area contributed by atoms with Crippen LogP contribution >= 0.6 is 0 Å². The van der Waals surface area contributed by atoms with Crippen LogP contribution in [0.15, 0.2) is 76.5 Å². The standard InChI is InChI=1S/C19H17N4O2/c20-23-10-9-21-12-17(23)19(24)22-18(23)15-7-4-8-16(11-15)25-13-14-5-2-1-3-6-14/h1-9,11-12H,10,13,20H2/q+1. The Morgan fingerprint density at radius 3 is 2.80 bits per heavy atom. The average molecular weight is 333 g/mol. The van der Waals surface area contributed by atoms with Gasteiger partial charge in [0, 0.05) is 0 Å². The van der Waals surface area contributed by atoms with Gasteiger partial charge in [-0.3, -0.25) is 9.79 Å². The normalized spacial score (nSPS) is 21.6. The van der Waals surface area contributed by atoms with Gasteiger partial charge in [0.15, 0.2) is 0 Å². The van der Waals surface area contributed by atoms with Gasteiger partial charge in [-0.15, -0.1) is 4.99 Å². The number of hydrogen-bond donors (Lipinski definition) is 1. The molecular formula is C19H17N4O2+. The van der Waals surface area contributed by atoms with Crippen LogP contribution in [0.1, 0.15) is 11.1 Å². The number of carbonyl (C=O) groups is 1. The molecule has 124 valence electrons. The third kappa shape index (κ3) is 2.77. The minimum Gasteiger partial charge on any atom is -0.489 e. The van der Waals surface area contributed by atoms with Gasteiger partial charge in [0.05, 0.1) is 18.0 Å². The van der Waals surface area contributed by atoms with Crippen molar-refractivity contribution in [2.45, 2.75) is 6.61 Å². The number of benzene rings is 2. The largest absolute Gasteiger partial charge is 0.489 e. The molecule has 0 saturated carbocycles. The lowest BCUT2D eigenvalue weighted by Gasteiger charge is -2.28. The molecule has 0 spiro atoms. The van der Waals surface area contributed by atoms with Crippen molar-refractivity contribution in [1.29, 1.82) is 0 Å². The number of amidine groups is 1. The zero-order valence-corrected chi connectivity index (χ0v) is 13.5. The fourth-order valence-corrected chi connectivity index (χ4v) is 2.93. The van der Waals surface area contributed by atoms with Crippen LogP contribution in [0, 0.1) is 0 Å². The van der Waals surface area contributed by atoms with E-state index in [0.29, 0.717) is 30.4 Å². The Morgan fingerprint density at radius 1 is 1.12 bits per heavy atom. The highest BCUT2D eigenvalue weighted by Crippen LogP contribution is 2.28. The van der Waals surface area contributed by atoms with E-state index in [-0.39, 0.29) is 10.5 Å². The summed E-state index contributed by atoms with van der Waals surface area (Å²) in [6.45, 7) is 0.863. The Balaban J connectivity index is 1.60. The SMILES string of the molecule is N[N+]12CC=NC=C1C(=O)N=C2c1cccc(OCc2ccccc2)c1. The summed E-state index contributed by atoms with van der Waals surface area (Å²) in [5.41, 5.74) is 2.23. The lowest BCUT2D eigenvalue weighted by atomic mass is 10.1. The van der Waals surface area contributed by atoms with E-state index in [0.717, 1.165) is 11.1 Å². The van der Waals surface area contributed by atoms with Crippen LogP contribution in [-0.2, 0) is 11.4 Å². The third-order valence-electron chi connectivity index (χ3n) is 4.25. The summed E-state index contributed by atoms with van der Waals surface area (Å²) in [6, 6.07) is 17.4. The highest BCUT2D eigenvalue weighted by molar-refractivity contribution is 6.12. The summed E-state index contributed by atoms with van der Waals surface area (Å²) in [7, 11) is 0. The first-order valence-electron chi connectivity index (χ1n) is 7.96. The molecule has 2 heterocycles. The molecule has 25 heavy (non-hydrogen) atoms. The minimum absolute atomic E-state index is 0.148. The molecule has 1 atom stereocenters. The summed E-state index contributed by atoms with van der Waals surface area (Å²) in [4.78, 5) is 20.3. The number of nitrogens with two attached hydrogens (primary N) is 1. The summed E-state index contributed by atoms with van der Waals surface area (Å²) < 4.78 is 5.71. The highest BCUT2D eigenvalue weighted by atomic mass is 16.5. The van der Waals surface area contributed by atoms with Crippen molar-refractivity contribution >= 4 is 18.0 Å². The molecule has 2 aromatic rings. The van der Waals surface area contributed by atoms with Crippen LogP contribution in [0.3, 0.4) is 0 Å². The van der Waals surface area contributed by atoms with E-state index in [2.05, 4.69) is 9.98 Å². The Kier molecular flexibility index (Phi) is 3.76. The van der Waals surface area contributed by atoms with Crippen LogP contribution in [0.2, 0.25) is 0 Å². The van der Waals surface area contributed by atoms with Gasteiger partial charge in [0.2, 0.25) is 5.70 Å². The molecule has 0 radical (unpaired) electrons. The molecule has 4 rings (SSSR count). The minimum atomic E-state index is -0.343. The Hall–Kier alpha value is -3.09. The number of carbonyl (C=O) groups excluding carboxylic acids is 1.